The van der Waals surface area contributed by atoms with Crippen LogP contribution in [0.1, 0.15) is 17.0 Å². The number of nitrogens with one attached hydrogen (secondary N) is 2. The lowest BCUT2D eigenvalue weighted by Gasteiger charge is -2.13. The van der Waals surface area contributed by atoms with Gasteiger partial charge in [-0.2, -0.15) is 0 Å². The SMILES string of the molecule is Cc1ccc(CN=C(NCc2nncn2-c2ccccc2)Nc2ccccc2)cc1. The van der Waals surface area contributed by atoms with Crippen molar-refractivity contribution in [2.45, 2.75) is 20.0 Å². The van der Waals surface area contributed by atoms with Crippen molar-refractivity contribution in [3.8, 4) is 5.69 Å². The van der Waals surface area contributed by atoms with Gasteiger partial charge in [-0.15, -0.1) is 10.2 Å². The molecule has 6 nitrogen and oxygen atoms in total. The number of para-hydroxylation sites is 2. The molecule has 0 radical (unpaired) electrons. The number of anilines is 1. The van der Waals surface area contributed by atoms with Gasteiger partial charge in [-0.1, -0.05) is 66.2 Å². The molecule has 0 aliphatic rings. The summed E-state index contributed by atoms with van der Waals surface area (Å²) in [5, 5.41) is 15.1. The van der Waals surface area contributed by atoms with Gasteiger partial charge in [-0.25, -0.2) is 4.99 Å². The van der Waals surface area contributed by atoms with Gasteiger partial charge in [0.25, 0.3) is 0 Å². The number of aliphatic imine (C=N–C) groups is 1. The van der Waals surface area contributed by atoms with Crippen LogP contribution in [0.15, 0.2) is 96.2 Å². The van der Waals surface area contributed by atoms with Gasteiger partial charge in [0.15, 0.2) is 11.8 Å². The lowest BCUT2D eigenvalue weighted by molar-refractivity contribution is 0.787. The summed E-state index contributed by atoms with van der Waals surface area (Å²) in [5.74, 6) is 1.49. The van der Waals surface area contributed by atoms with E-state index in [0.717, 1.165) is 22.8 Å². The van der Waals surface area contributed by atoms with Gasteiger partial charge in [0.05, 0.1) is 13.1 Å². The number of guanidine groups is 1. The van der Waals surface area contributed by atoms with Gasteiger partial charge in [0.2, 0.25) is 0 Å². The van der Waals surface area contributed by atoms with Gasteiger partial charge in [0.1, 0.15) is 6.33 Å². The largest absolute Gasteiger partial charge is 0.349 e. The summed E-state index contributed by atoms with van der Waals surface area (Å²) in [6, 6.07) is 28.4. The Morgan fingerprint density at radius 1 is 0.900 bits per heavy atom. The first kappa shape index (κ1) is 19.4. The molecule has 0 amide bonds. The predicted molar refractivity (Wildman–Crippen MR) is 121 cm³/mol. The van der Waals surface area contributed by atoms with E-state index >= 15 is 0 Å². The maximum Gasteiger partial charge on any atom is 0.196 e. The average Bonchev–Trinajstić information content (AvgIpc) is 3.27. The fourth-order valence-corrected chi connectivity index (χ4v) is 3.01. The van der Waals surface area contributed by atoms with E-state index in [9.17, 15) is 0 Å². The van der Waals surface area contributed by atoms with E-state index < -0.39 is 0 Å². The van der Waals surface area contributed by atoms with Crippen LogP contribution in [0.25, 0.3) is 5.69 Å². The highest BCUT2D eigenvalue weighted by Crippen LogP contribution is 2.10. The van der Waals surface area contributed by atoms with E-state index in [2.05, 4.69) is 52.0 Å². The third kappa shape index (κ3) is 5.11. The van der Waals surface area contributed by atoms with E-state index in [1.807, 2.05) is 65.2 Å². The lowest BCUT2D eigenvalue weighted by Crippen LogP contribution is -2.31. The normalized spacial score (nSPS) is 11.3. The van der Waals surface area contributed by atoms with Crippen LogP contribution in [0.4, 0.5) is 5.69 Å². The highest BCUT2D eigenvalue weighted by molar-refractivity contribution is 5.93. The molecule has 1 aromatic heterocycles. The molecule has 0 saturated carbocycles. The Morgan fingerprint density at radius 3 is 2.33 bits per heavy atom. The second-order valence-electron chi connectivity index (χ2n) is 6.95. The summed E-state index contributed by atoms with van der Waals surface area (Å²) < 4.78 is 1.97. The highest BCUT2D eigenvalue weighted by atomic mass is 15.3. The number of nitrogens with zero attached hydrogens (tertiary/aromatic N) is 4. The minimum absolute atomic E-state index is 0.488. The standard InChI is InChI=1S/C24H24N6/c1-19-12-14-20(15-13-19)16-25-24(28-21-8-4-2-5-9-21)26-17-23-29-27-18-30(23)22-10-6-3-7-11-22/h2-15,18H,16-17H2,1H3,(H2,25,26,28). The molecule has 4 aromatic rings. The van der Waals surface area contributed by atoms with Crippen molar-refractivity contribution in [2.24, 2.45) is 4.99 Å². The Hall–Kier alpha value is -3.93. The van der Waals surface area contributed by atoms with Crippen LogP contribution in [0.5, 0.6) is 0 Å². The molecule has 0 saturated heterocycles. The fourth-order valence-electron chi connectivity index (χ4n) is 3.01. The van der Waals surface area contributed by atoms with Crippen LogP contribution >= 0.6 is 0 Å². The van der Waals surface area contributed by atoms with Crippen molar-refractivity contribution < 1.29 is 0 Å². The van der Waals surface area contributed by atoms with Gasteiger partial charge in [-0.05, 0) is 36.8 Å². The molecule has 1 heterocycles. The zero-order valence-electron chi connectivity index (χ0n) is 16.9. The molecule has 0 bridgehead atoms. The van der Waals surface area contributed by atoms with Crippen LogP contribution < -0.4 is 10.6 Å². The number of hydrogen-bond donors (Lipinski definition) is 2. The number of aromatic nitrogens is 3. The summed E-state index contributed by atoms with van der Waals surface area (Å²) in [6.07, 6.45) is 1.72. The molecule has 0 unspecified atom stereocenters. The number of hydrogen-bond acceptors (Lipinski definition) is 3. The van der Waals surface area contributed by atoms with Crippen molar-refractivity contribution in [1.82, 2.24) is 20.1 Å². The molecule has 6 heteroatoms. The first-order valence-electron chi connectivity index (χ1n) is 9.88. The number of aryl methyl sites for hydroxylation is 1. The van der Waals surface area contributed by atoms with E-state index in [-0.39, 0.29) is 0 Å². The summed E-state index contributed by atoms with van der Waals surface area (Å²) in [4.78, 5) is 4.76. The molecule has 0 spiro atoms. The summed E-state index contributed by atoms with van der Waals surface area (Å²) in [5.41, 5.74) is 4.39. The van der Waals surface area contributed by atoms with E-state index in [1.165, 1.54) is 5.56 Å². The topological polar surface area (TPSA) is 67.1 Å². The van der Waals surface area contributed by atoms with E-state index in [1.54, 1.807) is 6.33 Å². The molecule has 30 heavy (non-hydrogen) atoms. The summed E-state index contributed by atoms with van der Waals surface area (Å²) >= 11 is 0. The second-order valence-corrected chi connectivity index (χ2v) is 6.95. The lowest BCUT2D eigenvalue weighted by atomic mass is 10.1. The van der Waals surface area contributed by atoms with Crippen molar-refractivity contribution in [3.05, 3.63) is 108 Å². The molecule has 0 fully saturated rings. The van der Waals surface area contributed by atoms with E-state index in [0.29, 0.717) is 19.0 Å². The Morgan fingerprint density at radius 2 is 1.60 bits per heavy atom. The highest BCUT2D eigenvalue weighted by Gasteiger charge is 2.08. The van der Waals surface area contributed by atoms with Crippen molar-refractivity contribution in [3.63, 3.8) is 0 Å². The van der Waals surface area contributed by atoms with E-state index in [4.69, 9.17) is 4.99 Å². The quantitative estimate of drug-likeness (QED) is 0.376. The second kappa shape index (κ2) is 9.52. The van der Waals surface area contributed by atoms with Crippen LogP contribution in [0.2, 0.25) is 0 Å². The molecule has 3 aromatic carbocycles. The molecule has 0 aliphatic heterocycles. The minimum Gasteiger partial charge on any atom is -0.349 e. The van der Waals surface area contributed by atoms with Crippen LogP contribution in [0.3, 0.4) is 0 Å². The Labute approximate surface area is 176 Å². The molecule has 0 atom stereocenters. The van der Waals surface area contributed by atoms with Gasteiger partial charge in [0, 0.05) is 11.4 Å². The van der Waals surface area contributed by atoms with Gasteiger partial charge in [-0.3, -0.25) is 4.57 Å². The Kier molecular flexibility index (Phi) is 6.15. The van der Waals surface area contributed by atoms with Gasteiger partial charge < -0.3 is 10.6 Å². The summed E-state index contributed by atoms with van der Waals surface area (Å²) in [7, 11) is 0. The molecular weight excluding hydrogens is 372 g/mol. The smallest absolute Gasteiger partial charge is 0.196 e. The number of rotatable bonds is 6. The van der Waals surface area contributed by atoms with Crippen LogP contribution in [-0.4, -0.2) is 20.7 Å². The molecule has 4 rings (SSSR count). The molecule has 0 aliphatic carbocycles. The zero-order chi connectivity index (χ0) is 20.6. The maximum absolute atomic E-state index is 4.76. The molecule has 150 valence electrons. The monoisotopic (exact) mass is 396 g/mol. The third-order valence-corrected chi connectivity index (χ3v) is 4.64. The minimum atomic E-state index is 0.488. The maximum atomic E-state index is 4.76. The Bertz CT molecular complexity index is 1090. The molecular formula is C24H24N6. The van der Waals surface area contributed by atoms with Gasteiger partial charge >= 0.3 is 0 Å². The Balaban J connectivity index is 1.51. The summed E-state index contributed by atoms with van der Waals surface area (Å²) in [6.45, 7) is 3.15. The third-order valence-electron chi connectivity index (χ3n) is 4.64. The number of benzene rings is 3. The van der Waals surface area contributed by atoms with Crippen molar-refractivity contribution in [2.75, 3.05) is 5.32 Å². The van der Waals surface area contributed by atoms with Crippen molar-refractivity contribution in [1.29, 1.82) is 0 Å². The zero-order valence-corrected chi connectivity index (χ0v) is 16.9. The van der Waals surface area contributed by atoms with Crippen molar-refractivity contribution >= 4 is 11.6 Å². The predicted octanol–water partition coefficient (Wildman–Crippen LogP) is 4.33. The first-order valence-corrected chi connectivity index (χ1v) is 9.88. The fraction of sp³-hybridized carbons (Fsp3) is 0.125. The molecule has 2 N–H and O–H groups in total. The van der Waals surface area contributed by atoms with Crippen LogP contribution in [0, 0.1) is 6.92 Å². The first-order chi connectivity index (χ1) is 14.8. The average molecular weight is 396 g/mol. The van der Waals surface area contributed by atoms with Crippen LogP contribution in [-0.2, 0) is 13.1 Å².